The molecule has 2 aromatic carbocycles. The van der Waals surface area contributed by atoms with E-state index in [1.807, 2.05) is 6.07 Å². The van der Waals surface area contributed by atoms with Gasteiger partial charge in [0, 0.05) is 21.3 Å². The number of ether oxygens (including phenoxy) is 2. The largest absolute Gasteiger partial charge is 0.466 e. The third kappa shape index (κ3) is 3.32. The first-order valence-corrected chi connectivity index (χ1v) is 10.5. The first-order valence-electron chi connectivity index (χ1n) is 8.97. The lowest BCUT2D eigenvalue weighted by Crippen LogP contribution is -2.71. The van der Waals surface area contributed by atoms with E-state index < -0.39 is 23.7 Å². The van der Waals surface area contributed by atoms with E-state index >= 15 is 0 Å². The van der Waals surface area contributed by atoms with Crippen LogP contribution in [0.4, 0.5) is 5.69 Å². The molecule has 2 aliphatic heterocycles. The standard InChI is InChI=1S/C20H17Cl3N2O3S/c1-3-27-18(26)15-16-13-8-11(22)9-14(23)17(13)28-20(15,2)25(19(29)24-16)12-6-4-5-10(21)7-12/h4-9,15-16H,3H2,1-2H3,(H,24,29)/t15-,16-,20-/m0/s1. The molecule has 5 nitrogen and oxygen atoms in total. The van der Waals surface area contributed by atoms with Crippen molar-refractivity contribution in [1.82, 2.24) is 5.32 Å². The van der Waals surface area contributed by atoms with Gasteiger partial charge in [0.25, 0.3) is 0 Å². The number of thiocarbonyl (C=S) groups is 1. The summed E-state index contributed by atoms with van der Waals surface area (Å²) >= 11 is 24.5. The Morgan fingerprint density at radius 2 is 2.03 bits per heavy atom. The SMILES string of the molecule is CCOC(=O)[C@@H]1[C@H]2NC(=S)N(c3cccc(Cl)c3)[C@@]1(C)Oc1c(Cl)cc(Cl)cc12. The summed E-state index contributed by atoms with van der Waals surface area (Å²) in [5.41, 5.74) is 0.138. The Bertz CT molecular complexity index is 1020. The summed E-state index contributed by atoms with van der Waals surface area (Å²) in [5, 5.41) is 4.97. The van der Waals surface area contributed by atoms with Crippen molar-refractivity contribution in [2.24, 2.45) is 5.92 Å². The van der Waals surface area contributed by atoms with Gasteiger partial charge in [-0.05, 0) is 56.4 Å². The van der Waals surface area contributed by atoms with Crippen LogP contribution < -0.4 is 15.0 Å². The van der Waals surface area contributed by atoms with Crippen LogP contribution in [0.3, 0.4) is 0 Å². The predicted octanol–water partition coefficient (Wildman–Crippen LogP) is 5.37. The first kappa shape index (κ1) is 20.5. The van der Waals surface area contributed by atoms with E-state index in [0.29, 0.717) is 37.2 Å². The summed E-state index contributed by atoms with van der Waals surface area (Å²) in [7, 11) is 0. The highest BCUT2D eigenvalue weighted by Crippen LogP contribution is 2.52. The number of carbonyl (C=O) groups is 1. The van der Waals surface area contributed by atoms with Gasteiger partial charge >= 0.3 is 5.97 Å². The number of esters is 1. The number of carbonyl (C=O) groups excluding carboxylic acids is 1. The van der Waals surface area contributed by atoms with Crippen LogP contribution in [0.2, 0.25) is 15.1 Å². The van der Waals surface area contributed by atoms with Gasteiger partial charge in [-0.3, -0.25) is 9.69 Å². The Kier molecular flexibility index (Phi) is 5.32. The zero-order chi connectivity index (χ0) is 20.9. The number of hydrogen-bond donors (Lipinski definition) is 1. The molecule has 1 saturated heterocycles. The fourth-order valence-corrected chi connectivity index (χ4v) is 5.14. The van der Waals surface area contributed by atoms with Crippen molar-refractivity contribution in [3.05, 3.63) is 57.0 Å². The molecular formula is C20H17Cl3N2O3S. The Balaban J connectivity index is 1.93. The number of fused-ring (bicyclic) bond motifs is 4. The van der Waals surface area contributed by atoms with Gasteiger partial charge in [0.1, 0.15) is 11.7 Å². The minimum Gasteiger partial charge on any atom is -0.466 e. The molecule has 2 aliphatic rings. The minimum atomic E-state index is -1.20. The van der Waals surface area contributed by atoms with Crippen molar-refractivity contribution in [2.75, 3.05) is 11.5 Å². The monoisotopic (exact) mass is 470 g/mol. The maximum absolute atomic E-state index is 13.0. The summed E-state index contributed by atoms with van der Waals surface area (Å²) in [6, 6.07) is 9.98. The van der Waals surface area contributed by atoms with E-state index in [-0.39, 0.29) is 6.61 Å². The molecule has 9 heteroatoms. The van der Waals surface area contributed by atoms with Gasteiger partial charge < -0.3 is 14.8 Å². The van der Waals surface area contributed by atoms with Gasteiger partial charge in [0.2, 0.25) is 5.72 Å². The van der Waals surface area contributed by atoms with Crippen molar-refractivity contribution < 1.29 is 14.3 Å². The van der Waals surface area contributed by atoms with Crippen LogP contribution >= 0.6 is 47.0 Å². The summed E-state index contributed by atoms with van der Waals surface area (Å²) in [6.45, 7) is 3.79. The molecular weight excluding hydrogens is 455 g/mol. The van der Waals surface area contributed by atoms with Gasteiger partial charge in [-0.15, -0.1) is 0 Å². The fraction of sp³-hybridized carbons (Fsp3) is 0.300. The quantitative estimate of drug-likeness (QED) is 0.480. The second kappa shape index (κ2) is 7.51. The molecule has 0 spiro atoms. The van der Waals surface area contributed by atoms with E-state index in [4.69, 9.17) is 56.5 Å². The van der Waals surface area contributed by atoms with Gasteiger partial charge in [-0.2, -0.15) is 0 Å². The molecule has 0 radical (unpaired) electrons. The second-order valence-corrected chi connectivity index (χ2v) is 8.60. The van der Waals surface area contributed by atoms with Gasteiger partial charge in [-0.1, -0.05) is 40.9 Å². The van der Waals surface area contributed by atoms with E-state index in [9.17, 15) is 4.79 Å². The van der Waals surface area contributed by atoms with Crippen molar-refractivity contribution in [2.45, 2.75) is 25.6 Å². The van der Waals surface area contributed by atoms with E-state index in [1.54, 1.807) is 49.1 Å². The fourth-order valence-electron chi connectivity index (χ4n) is 4.00. The number of halogens is 3. The highest BCUT2D eigenvalue weighted by molar-refractivity contribution is 7.80. The maximum Gasteiger partial charge on any atom is 0.317 e. The molecule has 1 N–H and O–H groups in total. The van der Waals surface area contributed by atoms with E-state index in [1.165, 1.54) is 0 Å². The molecule has 2 heterocycles. The lowest BCUT2D eigenvalue weighted by molar-refractivity contribution is -0.159. The molecule has 1 fully saturated rings. The summed E-state index contributed by atoms with van der Waals surface area (Å²) < 4.78 is 11.8. The van der Waals surface area contributed by atoms with Crippen molar-refractivity contribution >= 4 is 63.8 Å². The first-order chi connectivity index (χ1) is 13.8. The zero-order valence-corrected chi connectivity index (χ0v) is 18.6. The summed E-state index contributed by atoms with van der Waals surface area (Å²) in [5.74, 6) is -0.704. The topological polar surface area (TPSA) is 50.8 Å². The highest BCUT2D eigenvalue weighted by Gasteiger charge is 2.60. The van der Waals surface area contributed by atoms with Crippen LogP contribution in [0, 0.1) is 5.92 Å². The minimum absolute atomic E-state index is 0.239. The Hall–Kier alpha value is -1.73. The van der Waals surface area contributed by atoms with Gasteiger partial charge in [-0.25, -0.2) is 0 Å². The summed E-state index contributed by atoms with van der Waals surface area (Å²) in [4.78, 5) is 14.8. The van der Waals surface area contributed by atoms with Crippen LogP contribution in [0.25, 0.3) is 0 Å². The second-order valence-electron chi connectivity index (χ2n) is 6.93. The number of benzene rings is 2. The summed E-state index contributed by atoms with van der Waals surface area (Å²) in [6.07, 6.45) is 0. The highest BCUT2D eigenvalue weighted by atomic mass is 35.5. The Morgan fingerprint density at radius 3 is 2.72 bits per heavy atom. The van der Waals surface area contributed by atoms with Crippen molar-refractivity contribution in [3.63, 3.8) is 0 Å². The number of nitrogens with one attached hydrogen (secondary N) is 1. The van der Waals surface area contributed by atoms with Crippen LogP contribution in [-0.4, -0.2) is 23.4 Å². The van der Waals surface area contributed by atoms with E-state index in [2.05, 4.69) is 5.32 Å². The number of nitrogens with zero attached hydrogens (tertiary/aromatic N) is 1. The molecule has 0 aromatic heterocycles. The van der Waals surface area contributed by atoms with Crippen LogP contribution in [-0.2, 0) is 9.53 Å². The molecule has 0 saturated carbocycles. The molecule has 2 aromatic rings. The zero-order valence-electron chi connectivity index (χ0n) is 15.5. The lowest BCUT2D eigenvalue weighted by atomic mass is 9.79. The van der Waals surface area contributed by atoms with Crippen LogP contribution in [0.5, 0.6) is 5.75 Å². The molecule has 0 amide bonds. The molecule has 4 rings (SSSR count). The lowest BCUT2D eigenvalue weighted by Gasteiger charge is -2.55. The van der Waals surface area contributed by atoms with Crippen LogP contribution in [0.15, 0.2) is 36.4 Å². The van der Waals surface area contributed by atoms with Crippen molar-refractivity contribution in [3.8, 4) is 5.75 Å². The van der Waals surface area contributed by atoms with E-state index in [0.717, 1.165) is 0 Å². The Morgan fingerprint density at radius 1 is 1.28 bits per heavy atom. The number of anilines is 1. The number of rotatable bonds is 3. The maximum atomic E-state index is 13.0. The molecule has 0 unspecified atom stereocenters. The third-order valence-corrected chi connectivity index (χ3v) is 6.16. The molecule has 29 heavy (non-hydrogen) atoms. The molecule has 3 atom stereocenters. The average molecular weight is 472 g/mol. The third-order valence-electron chi connectivity index (χ3n) is 5.12. The van der Waals surface area contributed by atoms with Crippen molar-refractivity contribution in [1.29, 1.82) is 0 Å². The Labute approximate surface area is 188 Å². The van der Waals surface area contributed by atoms with Gasteiger partial charge in [0.05, 0.1) is 17.7 Å². The number of hydrogen-bond acceptors (Lipinski definition) is 4. The van der Waals surface area contributed by atoms with Crippen LogP contribution in [0.1, 0.15) is 25.5 Å². The normalized spacial score (nSPS) is 25.0. The molecule has 2 bridgehead atoms. The average Bonchev–Trinajstić information content (AvgIpc) is 2.62. The van der Waals surface area contributed by atoms with Gasteiger partial charge in [0.15, 0.2) is 5.11 Å². The smallest absolute Gasteiger partial charge is 0.317 e. The molecule has 0 aliphatic carbocycles. The molecule has 152 valence electrons. The predicted molar refractivity (Wildman–Crippen MR) is 118 cm³/mol.